The highest BCUT2D eigenvalue weighted by Gasteiger charge is 2.41. The largest absolute Gasteiger partial charge is 0.415 e. The lowest BCUT2D eigenvalue weighted by molar-refractivity contribution is -0.211. The highest BCUT2D eigenvalue weighted by atomic mass is 19.4. The fraction of sp³-hybridized carbons (Fsp3) is 0.733. The Hall–Kier alpha value is -1.41. The SMILES string of the molecule is CC(C)(C)c1ccc(=O)n(CC2CN(CC(O)C(F)(F)F)C2)n1. The van der Waals surface area contributed by atoms with Crippen LogP contribution in [0.4, 0.5) is 13.2 Å². The van der Waals surface area contributed by atoms with Gasteiger partial charge in [-0.1, -0.05) is 20.8 Å². The number of likely N-dealkylation sites (tertiary alicyclic amines) is 1. The Morgan fingerprint density at radius 3 is 2.43 bits per heavy atom. The number of aliphatic hydroxyl groups excluding tert-OH is 1. The summed E-state index contributed by atoms with van der Waals surface area (Å²) in [5.74, 6) is 0.0656. The minimum atomic E-state index is -4.59. The van der Waals surface area contributed by atoms with E-state index in [-0.39, 0.29) is 16.9 Å². The fourth-order valence-corrected chi connectivity index (χ4v) is 2.51. The quantitative estimate of drug-likeness (QED) is 0.905. The summed E-state index contributed by atoms with van der Waals surface area (Å²) in [6.45, 7) is 6.77. The summed E-state index contributed by atoms with van der Waals surface area (Å²) in [6, 6.07) is 3.17. The smallest absolute Gasteiger partial charge is 0.382 e. The van der Waals surface area contributed by atoms with Gasteiger partial charge in [0.1, 0.15) is 0 Å². The molecule has 23 heavy (non-hydrogen) atoms. The maximum Gasteiger partial charge on any atom is 0.415 e. The monoisotopic (exact) mass is 333 g/mol. The number of alkyl halides is 3. The van der Waals surface area contributed by atoms with E-state index in [9.17, 15) is 18.0 Å². The molecule has 0 aliphatic carbocycles. The van der Waals surface area contributed by atoms with Gasteiger partial charge in [0.25, 0.3) is 5.56 Å². The molecule has 0 aromatic carbocycles. The minimum Gasteiger partial charge on any atom is -0.382 e. The molecular formula is C15H22F3N3O2. The molecule has 1 atom stereocenters. The minimum absolute atomic E-state index is 0.0656. The Bertz CT molecular complexity index is 601. The van der Waals surface area contributed by atoms with E-state index in [1.54, 1.807) is 6.07 Å². The molecule has 0 bridgehead atoms. The standard InChI is InChI=1S/C15H22F3N3O2/c1-14(2,3)11-4-5-13(23)21(19-11)8-10-6-20(7-10)9-12(22)15(16,17)18/h4-5,10,12,22H,6-9H2,1-3H3. The average molecular weight is 333 g/mol. The lowest BCUT2D eigenvalue weighted by Crippen LogP contribution is -2.54. The molecule has 0 spiro atoms. The van der Waals surface area contributed by atoms with Crippen molar-refractivity contribution in [3.63, 3.8) is 0 Å². The lowest BCUT2D eigenvalue weighted by Gasteiger charge is -2.40. The van der Waals surface area contributed by atoms with Gasteiger partial charge in [0.15, 0.2) is 6.10 Å². The molecule has 1 fully saturated rings. The van der Waals surface area contributed by atoms with Crippen LogP contribution in [0.1, 0.15) is 26.5 Å². The van der Waals surface area contributed by atoms with E-state index in [2.05, 4.69) is 5.10 Å². The molecule has 1 aliphatic rings. The second kappa shape index (κ2) is 6.24. The number of rotatable bonds is 4. The van der Waals surface area contributed by atoms with Gasteiger partial charge in [0.05, 0.1) is 12.2 Å². The Morgan fingerprint density at radius 2 is 1.91 bits per heavy atom. The third-order valence-corrected chi connectivity index (χ3v) is 3.91. The van der Waals surface area contributed by atoms with Gasteiger partial charge >= 0.3 is 6.18 Å². The Kier molecular flexibility index (Phi) is 4.86. The molecule has 0 saturated carbocycles. The second-order valence-corrected chi connectivity index (χ2v) is 7.13. The van der Waals surface area contributed by atoms with Gasteiger partial charge < -0.3 is 5.11 Å². The number of hydrogen-bond donors (Lipinski definition) is 1. The summed E-state index contributed by atoms with van der Waals surface area (Å²) in [5.41, 5.74) is 0.394. The molecule has 1 saturated heterocycles. The summed E-state index contributed by atoms with van der Waals surface area (Å²) in [4.78, 5) is 13.4. The summed E-state index contributed by atoms with van der Waals surface area (Å²) in [7, 11) is 0. The van der Waals surface area contributed by atoms with Crippen LogP contribution in [0.3, 0.4) is 0 Å². The fourth-order valence-electron chi connectivity index (χ4n) is 2.51. The van der Waals surface area contributed by atoms with Gasteiger partial charge in [-0.05, 0) is 6.07 Å². The second-order valence-electron chi connectivity index (χ2n) is 7.13. The van der Waals surface area contributed by atoms with E-state index in [0.717, 1.165) is 5.69 Å². The van der Waals surface area contributed by atoms with Crippen molar-refractivity contribution in [2.24, 2.45) is 5.92 Å². The van der Waals surface area contributed by atoms with E-state index in [0.29, 0.717) is 19.6 Å². The number of nitrogens with zero attached hydrogens (tertiary/aromatic N) is 3. The van der Waals surface area contributed by atoms with Crippen LogP contribution >= 0.6 is 0 Å². The maximum absolute atomic E-state index is 12.3. The van der Waals surface area contributed by atoms with Crippen molar-refractivity contribution >= 4 is 0 Å². The first-order valence-electron chi connectivity index (χ1n) is 7.52. The predicted octanol–water partition coefficient (Wildman–Crippen LogP) is 1.40. The summed E-state index contributed by atoms with van der Waals surface area (Å²) in [5, 5.41) is 13.4. The third-order valence-electron chi connectivity index (χ3n) is 3.91. The van der Waals surface area contributed by atoms with Crippen LogP contribution in [0.15, 0.2) is 16.9 Å². The van der Waals surface area contributed by atoms with E-state index < -0.39 is 18.8 Å². The van der Waals surface area contributed by atoms with Crippen molar-refractivity contribution in [1.29, 1.82) is 0 Å². The summed E-state index contributed by atoms with van der Waals surface area (Å²) >= 11 is 0. The Morgan fingerprint density at radius 1 is 1.30 bits per heavy atom. The van der Waals surface area contributed by atoms with Gasteiger partial charge in [-0.3, -0.25) is 9.69 Å². The number of β-amino-alcohol motifs (C(OH)–C–C–N with tert-alkyl or cyclic N) is 1. The van der Waals surface area contributed by atoms with E-state index in [1.807, 2.05) is 20.8 Å². The first-order valence-corrected chi connectivity index (χ1v) is 7.52. The van der Waals surface area contributed by atoms with Crippen molar-refractivity contribution in [1.82, 2.24) is 14.7 Å². The number of hydrogen-bond acceptors (Lipinski definition) is 4. The van der Waals surface area contributed by atoms with E-state index in [4.69, 9.17) is 5.11 Å². The molecular weight excluding hydrogens is 311 g/mol. The van der Waals surface area contributed by atoms with E-state index in [1.165, 1.54) is 15.6 Å². The molecule has 8 heteroatoms. The van der Waals surface area contributed by atoms with Crippen molar-refractivity contribution in [2.45, 2.75) is 45.0 Å². The molecule has 1 aromatic rings. The van der Waals surface area contributed by atoms with Crippen LogP contribution in [-0.2, 0) is 12.0 Å². The zero-order valence-corrected chi connectivity index (χ0v) is 13.5. The Labute approximate surface area is 132 Å². The number of halogens is 3. The zero-order valence-electron chi connectivity index (χ0n) is 13.5. The van der Waals surface area contributed by atoms with E-state index >= 15 is 0 Å². The van der Waals surface area contributed by atoms with Gasteiger partial charge in [-0.2, -0.15) is 18.3 Å². The summed E-state index contributed by atoms with van der Waals surface area (Å²) < 4.78 is 38.3. The highest BCUT2D eigenvalue weighted by Crippen LogP contribution is 2.24. The molecule has 2 rings (SSSR count). The van der Waals surface area contributed by atoms with Gasteiger partial charge in [0.2, 0.25) is 0 Å². The topological polar surface area (TPSA) is 58.4 Å². The molecule has 2 heterocycles. The molecule has 5 nitrogen and oxygen atoms in total. The number of aromatic nitrogens is 2. The van der Waals surface area contributed by atoms with Crippen molar-refractivity contribution in [3.8, 4) is 0 Å². The average Bonchev–Trinajstić information content (AvgIpc) is 2.35. The third kappa shape index (κ3) is 4.54. The van der Waals surface area contributed by atoms with Crippen LogP contribution in [0, 0.1) is 5.92 Å². The van der Waals surface area contributed by atoms with Crippen molar-refractivity contribution in [2.75, 3.05) is 19.6 Å². The Balaban J connectivity index is 1.92. The first-order chi connectivity index (χ1) is 10.5. The molecule has 0 amide bonds. The highest BCUT2D eigenvalue weighted by molar-refractivity contribution is 5.10. The van der Waals surface area contributed by atoms with Crippen molar-refractivity contribution in [3.05, 3.63) is 28.2 Å². The predicted molar refractivity (Wildman–Crippen MR) is 79.2 cm³/mol. The molecule has 0 radical (unpaired) electrons. The lowest BCUT2D eigenvalue weighted by atomic mass is 9.92. The molecule has 1 aromatic heterocycles. The number of aliphatic hydroxyl groups is 1. The van der Waals surface area contributed by atoms with Crippen LogP contribution in [0.2, 0.25) is 0 Å². The van der Waals surface area contributed by atoms with Crippen LogP contribution in [0.25, 0.3) is 0 Å². The van der Waals surface area contributed by atoms with Crippen LogP contribution in [-0.4, -0.2) is 51.7 Å². The molecule has 1 unspecified atom stereocenters. The zero-order chi connectivity index (χ0) is 17.4. The molecule has 1 aliphatic heterocycles. The van der Waals surface area contributed by atoms with Gasteiger partial charge in [0, 0.05) is 37.0 Å². The normalized spacial score (nSPS) is 18.7. The van der Waals surface area contributed by atoms with Crippen molar-refractivity contribution < 1.29 is 18.3 Å². The summed E-state index contributed by atoms with van der Waals surface area (Å²) in [6.07, 6.45) is -6.92. The van der Waals surface area contributed by atoms with Gasteiger partial charge in [-0.15, -0.1) is 0 Å². The van der Waals surface area contributed by atoms with Gasteiger partial charge in [-0.25, -0.2) is 4.68 Å². The first kappa shape index (κ1) is 17.9. The van der Waals surface area contributed by atoms with Crippen LogP contribution in [0.5, 0.6) is 0 Å². The maximum atomic E-state index is 12.3. The van der Waals surface area contributed by atoms with Crippen LogP contribution < -0.4 is 5.56 Å². The molecule has 1 N–H and O–H groups in total. The molecule has 130 valence electrons.